The smallest absolute Gasteiger partial charge is 0.146 e. The molecule has 2 aromatic carbocycles. The highest BCUT2D eigenvalue weighted by Gasteiger charge is 2.28. The molecule has 2 heterocycles. The average molecular weight is 363 g/mol. The Labute approximate surface area is 159 Å². The average Bonchev–Trinajstić information content (AvgIpc) is 2.72. The number of aliphatic hydroxyl groups excluding tert-OH is 1. The first-order valence-electron chi connectivity index (χ1n) is 9.47. The lowest BCUT2D eigenvalue weighted by Crippen LogP contribution is -2.48. The van der Waals surface area contributed by atoms with Crippen LogP contribution in [0.1, 0.15) is 17.2 Å². The lowest BCUT2D eigenvalue weighted by atomic mass is 9.94. The van der Waals surface area contributed by atoms with Crippen molar-refractivity contribution in [1.82, 2.24) is 14.8 Å². The fourth-order valence-electron chi connectivity index (χ4n) is 3.97. The summed E-state index contributed by atoms with van der Waals surface area (Å²) in [6, 6.07) is 18.2. The number of β-amino-alcohol motifs (C(OH)–C–C–N with tert-alkyl or cyclic N) is 1. The Balaban J connectivity index is 1.73. The largest absolute Gasteiger partial charge is 0.505 e. The predicted octanol–water partition coefficient (Wildman–Crippen LogP) is 2.64. The van der Waals surface area contributed by atoms with Crippen molar-refractivity contribution < 1.29 is 10.2 Å². The van der Waals surface area contributed by atoms with E-state index in [9.17, 15) is 10.2 Å². The topological polar surface area (TPSA) is 59.8 Å². The molecule has 5 heteroatoms. The number of benzene rings is 2. The Kier molecular flexibility index (Phi) is 5.34. The summed E-state index contributed by atoms with van der Waals surface area (Å²) in [6.07, 6.45) is 1.72. The lowest BCUT2D eigenvalue weighted by molar-refractivity contribution is 0.0938. The fraction of sp³-hybridized carbons (Fsp3) is 0.318. The Morgan fingerprint density at radius 1 is 0.926 bits per heavy atom. The van der Waals surface area contributed by atoms with Crippen LogP contribution in [0.15, 0.2) is 60.8 Å². The Bertz CT molecular complexity index is 892. The maximum atomic E-state index is 11.0. The molecule has 0 saturated carbocycles. The molecule has 1 aliphatic heterocycles. The first-order valence-corrected chi connectivity index (χ1v) is 9.47. The Morgan fingerprint density at radius 3 is 2.44 bits per heavy atom. The molecule has 2 N–H and O–H groups in total. The molecule has 0 spiro atoms. The van der Waals surface area contributed by atoms with Gasteiger partial charge in [0, 0.05) is 49.9 Å². The second kappa shape index (κ2) is 8.05. The van der Waals surface area contributed by atoms with Gasteiger partial charge in [-0.3, -0.25) is 14.8 Å². The van der Waals surface area contributed by atoms with E-state index in [1.165, 1.54) is 5.56 Å². The first-order chi connectivity index (χ1) is 13.3. The van der Waals surface area contributed by atoms with Crippen LogP contribution in [-0.2, 0) is 0 Å². The van der Waals surface area contributed by atoms with Gasteiger partial charge >= 0.3 is 0 Å². The highest BCUT2D eigenvalue weighted by molar-refractivity contribution is 5.85. The minimum atomic E-state index is -0.0196. The van der Waals surface area contributed by atoms with E-state index < -0.39 is 0 Å². The molecule has 5 nitrogen and oxygen atoms in total. The van der Waals surface area contributed by atoms with E-state index >= 15 is 0 Å². The number of piperazine rings is 1. The number of phenolic OH excluding ortho intramolecular Hbond substituents is 1. The summed E-state index contributed by atoms with van der Waals surface area (Å²) >= 11 is 0. The maximum absolute atomic E-state index is 11.0. The lowest BCUT2D eigenvalue weighted by Gasteiger charge is -2.39. The van der Waals surface area contributed by atoms with Gasteiger partial charge in [0.05, 0.1) is 12.6 Å². The summed E-state index contributed by atoms with van der Waals surface area (Å²) in [5.41, 5.74) is 2.71. The molecule has 1 atom stereocenters. The highest BCUT2D eigenvalue weighted by Crippen LogP contribution is 2.38. The third-order valence-electron chi connectivity index (χ3n) is 5.38. The number of hydrogen-bond acceptors (Lipinski definition) is 5. The highest BCUT2D eigenvalue weighted by atomic mass is 16.3. The molecule has 0 radical (unpaired) electrons. The van der Waals surface area contributed by atoms with E-state index in [4.69, 9.17) is 0 Å². The van der Waals surface area contributed by atoms with Crippen LogP contribution in [0.4, 0.5) is 0 Å². The summed E-state index contributed by atoms with van der Waals surface area (Å²) in [5.74, 6) is 0.264. The Hall–Kier alpha value is -2.47. The number of phenols is 1. The van der Waals surface area contributed by atoms with Crippen LogP contribution < -0.4 is 0 Å². The van der Waals surface area contributed by atoms with Crippen LogP contribution in [-0.4, -0.2) is 64.3 Å². The normalized spacial score (nSPS) is 17.2. The summed E-state index contributed by atoms with van der Waals surface area (Å²) < 4.78 is 0. The number of aromatic hydroxyl groups is 1. The van der Waals surface area contributed by atoms with Crippen molar-refractivity contribution in [3.05, 3.63) is 71.9 Å². The van der Waals surface area contributed by atoms with Crippen LogP contribution in [0, 0.1) is 0 Å². The molecule has 1 aromatic heterocycles. The van der Waals surface area contributed by atoms with Gasteiger partial charge in [0.15, 0.2) is 0 Å². The number of hydrogen-bond donors (Lipinski definition) is 2. The number of rotatable bonds is 5. The van der Waals surface area contributed by atoms with Crippen molar-refractivity contribution in [2.75, 3.05) is 39.3 Å². The zero-order valence-corrected chi connectivity index (χ0v) is 15.3. The quantitative estimate of drug-likeness (QED) is 0.730. The van der Waals surface area contributed by atoms with Gasteiger partial charge in [-0.2, -0.15) is 0 Å². The van der Waals surface area contributed by atoms with Crippen molar-refractivity contribution in [1.29, 1.82) is 0 Å². The SMILES string of the molecule is OCCN1CCN([C@H](c2ccccc2)c2ccc3cccnc3c2O)CC1. The molecule has 1 saturated heterocycles. The van der Waals surface area contributed by atoms with Gasteiger partial charge in [0.2, 0.25) is 0 Å². The van der Waals surface area contributed by atoms with Crippen LogP contribution in [0.5, 0.6) is 5.75 Å². The molecule has 3 aromatic rings. The van der Waals surface area contributed by atoms with Crippen LogP contribution in [0.3, 0.4) is 0 Å². The van der Waals surface area contributed by atoms with Gasteiger partial charge < -0.3 is 10.2 Å². The third-order valence-corrected chi connectivity index (χ3v) is 5.38. The molecule has 1 fully saturated rings. The molecule has 4 rings (SSSR count). The standard InChI is InChI=1S/C22H25N3O2/c26-16-15-24-11-13-25(14-12-24)21(18-5-2-1-3-6-18)19-9-8-17-7-4-10-23-20(17)22(19)27/h1-10,21,26-27H,11-16H2/t21-/m1/s1. The van der Waals surface area contributed by atoms with E-state index in [0.29, 0.717) is 5.52 Å². The molecule has 0 bridgehead atoms. The molecule has 27 heavy (non-hydrogen) atoms. The zero-order valence-electron chi connectivity index (χ0n) is 15.3. The van der Waals surface area contributed by atoms with E-state index in [2.05, 4.69) is 26.9 Å². The number of aromatic nitrogens is 1. The van der Waals surface area contributed by atoms with Gasteiger partial charge in [-0.15, -0.1) is 0 Å². The van der Waals surface area contributed by atoms with Crippen LogP contribution in [0.2, 0.25) is 0 Å². The van der Waals surface area contributed by atoms with E-state index in [0.717, 1.165) is 43.7 Å². The molecule has 0 unspecified atom stereocenters. The van der Waals surface area contributed by atoms with Crippen molar-refractivity contribution in [3.63, 3.8) is 0 Å². The first kappa shape index (κ1) is 17.9. The van der Waals surface area contributed by atoms with Crippen LogP contribution in [0.25, 0.3) is 10.9 Å². The van der Waals surface area contributed by atoms with Crippen LogP contribution >= 0.6 is 0 Å². The second-order valence-electron chi connectivity index (χ2n) is 6.99. The third kappa shape index (κ3) is 3.67. The predicted molar refractivity (Wildman–Crippen MR) is 107 cm³/mol. The van der Waals surface area contributed by atoms with E-state index in [1.54, 1.807) is 6.20 Å². The second-order valence-corrected chi connectivity index (χ2v) is 6.99. The number of nitrogens with zero attached hydrogens (tertiary/aromatic N) is 3. The van der Waals surface area contributed by atoms with Crippen molar-refractivity contribution >= 4 is 10.9 Å². The molecular formula is C22H25N3O2. The summed E-state index contributed by atoms with van der Waals surface area (Å²) in [4.78, 5) is 9.08. The molecule has 140 valence electrons. The molecule has 0 aliphatic carbocycles. The summed E-state index contributed by atoms with van der Waals surface area (Å²) in [5, 5.41) is 21.1. The number of pyridine rings is 1. The van der Waals surface area contributed by atoms with Crippen molar-refractivity contribution in [2.24, 2.45) is 0 Å². The van der Waals surface area contributed by atoms with Crippen molar-refractivity contribution in [3.8, 4) is 5.75 Å². The summed E-state index contributed by atoms with van der Waals surface area (Å²) in [6.45, 7) is 4.51. The van der Waals surface area contributed by atoms with Gasteiger partial charge in [-0.1, -0.05) is 48.5 Å². The summed E-state index contributed by atoms with van der Waals surface area (Å²) in [7, 11) is 0. The van der Waals surface area contributed by atoms with Crippen molar-refractivity contribution in [2.45, 2.75) is 6.04 Å². The minimum absolute atomic E-state index is 0.0196. The zero-order chi connectivity index (χ0) is 18.6. The molecule has 0 amide bonds. The van der Waals surface area contributed by atoms with Gasteiger partial charge in [0.1, 0.15) is 11.3 Å². The van der Waals surface area contributed by atoms with E-state index in [1.807, 2.05) is 42.5 Å². The number of fused-ring (bicyclic) bond motifs is 1. The van der Waals surface area contributed by atoms with E-state index in [-0.39, 0.29) is 18.4 Å². The maximum Gasteiger partial charge on any atom is 0.146 e. The van der Waals surface area contributed by atoms with Gasteiger partial charge in [-0.05, 0) is 11.6 Å². The Morgan fingerprint density at radius 2 is 1.70 bits per heavy atom. The molecule has 1 aliphatic rings. The monoisotopic (exact) mass is 363 g/mol. The minimum Gasteiger partial charge on any atom is -0.505 e. The fourth-order valence-corrected chi connectivity index (χ4v) is 3.97. The van der Waals surface area contributed by atoms with Gasteiger partial charge in [-0.25, -0.2) is 0 Å². The molecular weight excluding hydrogens is 338 g/mol. The van der Waals surface area contributed by atoms with Gasteiger partial charge in [0.25, 0.3) is 0 Å². The number of aliphatic hydroxyl groups is 1.